The van der Waals surface area contributed by atoms with Crippen LogP contribution in [-0.2, 0) is 4.43 Å². The summed E-state index contributed by atoms with van der Waals surface area (Å²) in [6.45, 7) is 11.2. The number of hydrogen-bond donors (Lipinski definition) is 2. The molecule has 0 aliphatic rings. The van der Waals surface area contributed by atoms with Gasteiger partial charge in [0.1, 0.15) is 5.69 Å². The predicted molar refractivity (Wildman–Crippen MR) is 103 cm³/mol. The fourth-order valence-corrected chi connectivity index (χ4v) is 3.43. The number of nitro benzene ring substituents is 1. The van der Waals surface area contributed by atoms with Crippen LogP contribution in [-0.4, -0.2) is 37.6 Å². The van der Waals surface area contributed by atoms with E-state index in [1.807, 2.05) is 0 Å². The number of halogens is 1. The first-order chi connectivity index (χ1) is 11.0. The third-order valence-electron chi connectivity index (χ3n) is 4.49. The highest BCUT2D eigenvalue weighted by atomic mass is 79.9. The summed E-state index contributed by atoms with van der Waals surface area (Å²) in [5.74, 6) is 0. The van der Waals surface area contributed by atoms with E-state index in [0.29, 0.717) is 23.2 Å². The second-order valence-electron chi connectivity index (χ2n) is 7.31. The molecule has 6 nitrogen and oxygen atoms in total. The van der Waals surface area contributed by atoms with Crippen LogP contribution in [0.3, 0.4) is 0 Å². The molecule has 0 saturated heterocycles. The number of anilines is 1. The van der Waals surface area contributed by atoms with Gasteiger partial charge in [0.15, 0.2) is 8.32 Å². The van der Waals surface area contributed by atoms with Crippen LogP contribution in [0.1, 0.15) is 27.2 Å². The van der Waals surface area contributed by atoms with E-state index in [9.17, 15) is 15.2 Å². The summed E-state index contributed by atoms with van der Waals surface area (Å²) in [6, 6.07) is 4.47. The Morgan fingerprint density at radius 3 is 2.54 bits per heavy atom. The first-order valence-electron chi connectivity index (χ1n) is 7.94. The highest BCUT2D eigenvalue weighted by Gasteiger charge is 2.37. The van der Waals surface area contributed by atoms with Crippen LogP contribution < -0.4 is 5.32 Å². The van der Waals surface area contributed by atoms with Gasteiger partial charge in [-0.15, -0.1) is 0 Å². The van der Waals surface area contributed by atoms with Crippen LogP contribution in [0.5, 0.6) is 0 Å². The van der Waals surface area contributed by atoms with Gasteiger partial charge in [-0.05, 0) is 46.5 Å². The molecule has 136 valence electrons. The number of benzene rings is 1. The van der Waals surface area contributed by atoms with Crippen LogP contribution >= 0.6 is 15.9 Å². The molecule has 0 aliphatic carbocycles. The summed E-state index contributed by atoms with van der Waals surface area (Å²) >= 11 is 3.33. The van der Waals surface area contributed by atoms with Crippen LogP contribution in [0.2, 0.25) is 18.1 Å². The summed E-state index contributed by atoms with van der Waals surface area (Å²) in [5, 5.41) is 24.0. The van der Waals surface area contributed by atoms with Gasteiger partial charge in [-0.25, -0.2) is 0 Å². The first kappa shape index (κ1) is 21.1. The van der Waals surface area contributed by atoms with E-state index in [-0.39, 0.29) is 23.4 Å². The first-order valence-corrected chi connectivity index (χ1v) is 11.6. The Balaban J connectivity index is 2.75. The molecule has 24 heavy (non-hydrogen) atoms. The van der Waals surface area contributed by atoms with E-state index in [4.69, 9.17) is 4.43 Å². The monoisotopic (exact) mass is 418 g/mol. The van der Waals surface area contributed by atoms with Gasteiger partial charge in [-0.3, -0.25) is 10.1 Å². The fourth-order valence-electron chi connectivity index (χ4n) is 1.89. The average molecular weight is 419 g/mol. The lowest BCUT2D eigenvalue weighted by molar-refractivity contribution is -0.384. The van der Waals surface area contributed by atoms with Crippen molar-refractivity contribution in [3.05, 3.63) is 32.8 Å². The Hall–Kier alpha value is -0.963. The minimum absolute atomic E-state index is 0.0202. The molecule has 0 saturated carbocycles. The van der Waals surface area contributed by atoms with Gasteiger partial charge in [0.2, 0.25) is 0 Å². The van der Waals surface area contributed by atoms with Gasteiger partial charge in [0, 0.05) is 17.1 Å². The Morgan fingerprint density at radius 1 is 1.42 bits per heavy atom. The van der Waals surface area contributed by atoms with Crippen LogP contribution in [0, 0.1) is 10.1 Å². The number of nitro groups is 1. The van der Waals surface area contributed by atoms with E-state index in [2.05, 4.69) is 55.1 Å². The Labute approximate surface area is 153 Å². The molecule has 0 fully saturated rings. The minimum Gasteiger partial charge on any atom is -0.417 e. The van der Waals surface area contributed by atoms with Crippen molar-refractivity contribution in [1.29, 1.82) is 0 Å². The molecule has 0 heterocycles. The Kier molecular flexibility index (Phi) is 7.39. The molecule has 8 heteroatoms. The van der Waals surface area contributed by atoms with E-state index in [0.717, 1.165) is 0 Å². The third-order valence-corrected chi connectivity index (χ3v) is 9.69. The zero-order valence-corrected chi connectivity index (χ0v) is 17.5. The van der Waals surface area contributed by atoms with E-state index < -0.39 is 13.2 Å². The number of aliphatic hydroxyl groups excluding tert-OH is 1. The number of nitrogens with zero attached hydrogens (tertiary/aromatic N) is 1. The lowest BCUT2D eigenvalue weighted by Crippen LogP contribution is -2.41. The second-order valence-corrected chi connectivity index (χ2v) is 13.0. The van der Waals surface area contributed by atoms with Gasteiger partial charge in [-0.2, -0.15) is 0 Å². The summed E-state index contributed by atoms with van der Waals surface area (Å²) in [6.07, 6.45) is 0.571. The van der Waals surface area contributed by atoms with Gasteiger partial charge < -0.3 is 14.8 Å². The average Bonchev–Trinajstić information content (AvgIpc) is 2.46. The number of para-hydroxylation sites is 1. The Bertz CT molecular complexity index is 576. The highest BCUT2D eigenvalue weighted by molar-refractivity contribution is 9.10. The number of nitrogens with one attached hydrogen (secondary N) is 1. The lowest BCUT2D eigenvalue weighted by Gasteiger charge is -2.36. The molecule has 0 aliphatic heterocycles. The SMILES string of the molecule is CC(C)(C)[Si](C)(C)OCCC(CO)Nc1c(Br)cccc1[N+](=O)[O-]. The molecular weight excluding hydrogens is 392 g/mol. The molecule has 0 aromatic heterocycles. The number of rotatable bonds is 8. The summed E-state index contributed by atoms with van der Waals surface area (Å²) in [4.78, 5) is 10.7. The molecule has 0 spiro atoms. The second kappa shape index (κ2) is 8.42. The molecule has 1 aromatic carbocycles. The zero-order chi connectivity index (χ0) is 18.5. The van der Waals surface area contributed by atoms with E-state index in [1.54, 1.807) is 12.1 Å². The number of aliphatic hydroxyl groups is 1. The molecular formula is C16H27BrN2O4Si. The Morgan fingerprint density at radius 2 is 2.04 bits per heavy atom. The smallest absolute Gasteiger partial charge is 0.293 e. The van der Waals surface area contributed by atoms with Crippen molar-refractivity contribution in [1.82, 2.24) is 0 Å². The molecule has 1 aromatic rings. The minimum atomic E-state index is -1.84. The molecule has 0 radical (unpaired) electrons. The summed E-state index contributed by atoms with van der Waals surface area (Å²) < 4.78 is 6.71. The molecule has 1 rings (SSSR count). The van der Waals surface area contributed by atoms with Gasteiger partial charge >= 0.3 is 0 Å². The highest BCUT2D eigenvalue weighted by Crippen LogP contribution is 2.37. The molecule has 1 unspecified atom stereocenters. The van der Waals surface area contributed by atoms with E-state index in [1.165, 1.54) is 6.07 Å². The van der Waals surface area contributed by atoms with Crippen molar-refractivity contribution in [2.75, 3.05) is 18.5 Å². The van der Waals surface area contributed by atoms with Crippen molar-refractivity contribution >= 4 is 35.6 Å². The lowest BCUT2D eigenvalue weighted by atomic mass is 10.2. The quantitative estimate of drug-likeness (QED) is 0.367. The van der Waals surface area contributed by atoms with Gasteiger partial charge in [0.05, 0.1) is 17.6 Å². The van der Waals surface area contributed by atoms with Gasteiger partial charge in [-0.1, -0.05) is 26.8 Å². The summed E-state index contributed by atoms with van der Waals surface area (Å²) in [5.41, 5.74) is 0.363. The maximum atomic E-state index is 11.2. The van der Waals surface area contributed by atoms with Crippen LogP contribution in [0.4, 0.5) is 11.4 Å². The maximum Gasteiger partial charge on any atom is 0.293 e. The van der Waals surface area contributed by atoms with Crippen LogP contribution in [0.15, 0.2) is 22.7 Å². The standard InChI is InChI=1S/C16H27BrN2O4Si/c1-16(2,3)24(4,5)23-10-9-12(11-20)18-15-13(17)7-6-8-14(15)19(21)22/h6-8,12,18,20H,9-11H2,1-5H3. The van der Waals surface area contributed by atoms with Gasteiger partial charge in [0.25, 0.3) is 5.69 Å². The van der Waals surface area contributed by atoms with Crippen molar-refractivity contribution in [2.24, 2.45) is 0 Å². The van der Waals surface area contributed by atoms with E-state index >= 15 is 0 Å². The largest absolute Gasteiger partial charge is 0.417 e. The zero-order valence-electron chi connectivity index (χ0n) is 14.9. The van der Waals surface area contributed by atoms with Crippen molar-refractivity contribution in [2.45, 2.75) is 51.4 Å². The van der Waals surface area contributed by atoms with Crippen molar-refractivity contribution < 1.29 is 14.5 Å². The number of hydrogen-bond acceptors (Lipinski definition) is 5. The topological polar surface area (TPSA) is 84.6 Å². The predicted octanol–water partition coefficient (Wildman–Crippen LogP) is 4.54. The van der Waals surface area contributed by atoms with Crippen molar-refractivity contribution in [3.63, 3.8) is 0 Å². The molecule has 0 bridgehead atoms. The fraction of sp³-hybridized carbons (Fsp3) is 0.625. The molecule has 2 N–H and O–H groups in total. The molecule has 0 amide bonds. The maximum absolute atomic E-state index is 11.2. The normalized spacial score (nSPS) is 13.6. The van der Waals surface area contributed by atoms with Crippen molar-refractivity contribution in [3.8, 4) is 0 Å². The van der Waals surface area contributed by atoms with Crippen LogP contribution in [0.25, 0.3) is 0 Å². The molecule has 1 atom stereocenters. The summed E-state index contributed by atoms with van der Waals surface area (Å²) in [7, 11) is -1.84. The third kappa shape index (κ3) is 5.54.